The maximum atomic E-state index is 5.42. The van der Waals surface area contributed by atoms with Gasteiger partial charge in [0.15, 0.2) is 0 Å². The van der Waals surface area contributed by atoms with Crippen LogP contribution in [0.1, 0.15) is 39.3 Å². The van der Waals surface area contributed by atoms with Crippen molar-refractivity contribution in [2.75, 3.05) is 6.54 Å². The number of hydrogen-bond donors (Lipinski definition) is 1. The summed E-state index contributed by atoms with van der Waals surface area (Å²) in [6.07, 6.45) is 4.14. The Kier molecular flexibility index (Phi) is 3.63. The first kappa shape index (κ1) is 11.2. The van der Waals surface area contributed by atoms with Gasteiger partial charge in [0, 0.05) is 18.2 Å². The molecule has 1 aromatic rings. The highest BCUT2D eigenvalue weighted by Gasteiger charge is 2.17. The Morgan fingerprint density at radius 3 is 2.57 bits per heavy atom. The molecule has 0 aromatic carbocycles. The molecule has 2 N–H and O–H groups in total. The maximum Gasteiger partial charge on any atom is 0.0880 e. The van der Waals surface area contributed by atoms with Crippen LogP contribution in [0.3, 0.4) is 0 Å². The molecule has 0 atom stereocenters. The minimum Gasteiger partial charge on any atom is -0.330 e. The van der Waals surface area contributed by atoms with E-state index in [0.717, 1.165) is 31.6 Å². The Morgan fingerprint density at radius 1 is 1.36 bits per heavy atom. The highest BCUT2D eigenvalue weighted by atomic mass is 15.4. The van der Waals surface area contributed by atoms with Gasteiger partial charge in [-0.05, 0) is 19.4 Å². The Labute approximate surface area is 85.5 Å². The molecule has 0 fully saturated rings. The predicted octanol–water partition coefficient (Wildman–Crippen LogP) is 1.31. The lowest BCUT2D eigenvalue weighted by Crippen LogP contribution is -2.11. The van der Waals surface area contributed by atoms with Crippen LogP contribution in [0.2, 0.25) is 0 Å². The van der Waals surface area contributed by atoms with Crippen LogP contribution in [0.5, 0.6) is 0 Å². The second-order valence-corrected chi connectivity index (χ2v) is 4.61. The van der Waals surface area contributed by atoms with Crippen molar-refractivity contribution in [3.8, 4) is 0 Å². The van der Waals surface area contributed by atoms with Crippen LogP contribution in [0, 0.1) is 0 Å². The summed E-state index contributed by atoms with van der Waals surface area (Å²) in [5.74, 6) is 0. The standard InChI is InChI=1S/C10H20N4/c1-10(2,3)9-8-14(13-12-9)7-5-4-6-11/h8H,4-7,11H2,1-3H3. The summed E-state index contributed by atoms with van der Waals surface area (Å²) < 4.78 is 1.90. The van der Waals surface area contributed by atoms with Gasteiger partial charge in [-0.25, -0.2) is 0 Å². The summed E-state index contributed by atoms with van der Waals surface area (Å²) in [4.78, 5) is 0. The van der Waals surface area contributed by atoms with E-state index in [1.54, 1.807) is 0 Å². The summed E-state index contributed by atoms with van der Waals surface area (Å²) in [6, 6.07) is 0. The third kappa shape index (κ3) is 3.10. The molecular formula is C10H20N4. The molecule has 0 aliphatic heterocycles. The number of nitrogens with two attached hydrogens (primary N) is 1. The molecular weight excluding hydrogens is 176 g/mol. The van der Waals surface area contributed by atoms with Gasteiger partial charge in [-0.3, -0.25) is 4.68 Å². The molecule has 0 unspecified atom stereocenters. The van der Waals surface area contributed by atoms with Gasteiger partial charge < -0.3 is 5.73 Å². The first-order valence-corrected chi connectivity index (χ1v) is 5.14. The molecule has 0 saturated heterocycles. The summed E-state index contributed by atoms with van der Waals surface area (Å²) in [7, 11) is 0. The summed E-state index contributed by atoms with van der Waals surface area (Å²) in [5, 5.41) is 8.23. The van der Waals surface area contributed by atoms with E-state index in [0.29, 0.717) is 0 Å². The molecule has 0 aliphatic carbocycles. The first-order chi connectivity index (χ1) is 6.54. The van der Waals surface area contributed by atoms with Crippen molar-refractivity contribution < 1.29 is 0 Å². The van der Waals surface area contributed by atoms with E-state index in [2.05, 4.69) is 31.1 Å². The van der Waals surface area contributed by atoms with Gasteiger partial charge in [-0.15, -0.1) is 5.10 Å². The minimum atomic E-state index is 0.0894. The SMILES string of the molecule is CC(C)(C)c1cn(CCCCN)nn1. The van der Waals surface area contributed by atoms with E-state index in [1.807, 2.05) is 10.9 Å². The minimum absolute atomic E-state index is 0.0894. The molecule has 1 heterocycles. The van der Waals surface area contributed by atoms with E-state index >= 15 is 0 Å². The quantitative estimate of drug-likeness (QED) is 0.739. The number of nitrogens with zero attached hydrogens (tertiary/aromatic N) is 3. The molecule has 1 aromatic heterocycles. The van der Waals surface area contributed by atoms with Gasteiger partial charge in [-0.2, -0.15) is 0 Å². The normalized spacial score (nSPS) is 12.0. The van der Waals surface area contributed by atoms with Crippen molar-refractivity contribution >= 4 is 0 Å². The average molecular weight is 196 g/mol. The number of rotatable bonds is 4. The van der Waals surface area contributed by atoms with E-state index in [4.69, 9.17) is 5.73 Å². The van der Waals surface area contributed by atoms with E-state index in [9.17, 15) is 0 Å². The monoisotopic (exact) mass is 196 g/mol. The van der Waals surface area contributed by atoms with Crippen molar-refractivity contribution in [1.29, 1.82) is 0 Å². The van der Waals surface area contributed by atoms with Crippen molar-refractivity contribution in [1.82, 2.24) is 15.0 Å². The summed E-state index contributed by atoms with van der Waals surface area (Å²) in [6.45, 7) is 8.09. The number of aryl methyl sites for hydroxylation is 1. The summed E-state index contributed by atoms with van der Waals surface area (Å²) in [5.41, 5.74) is 6.56. The van der Waals surface area contributed by atoms with Gasteiger partial charge in [0.1, 0.15) is 0 Å². The average Bonchev–Trinajstić information content (AvgIpc) is 2.52. The number of unbranched alkanes of at least 4 members (excludes halogenated alkanes) is 1. The predicted molar refractivity (Wildman–Crippen MR) is 57.0 cm³/mol. The Hall–Kier alpha value is -0.900. The van der Waals surface area contributed by atoms with Gasteiger partial charge in [0.2, 0.25) is 0 Å². The molecule has 0 amide bonds. The smallest absolute Gasteiger partial charge is 0.0880 e. The Morgan fingerprint density at radius 2 is 2.07 bits per heavy atom. The van der Waals surface area contributed by atoms with Crippen molar-refractivity contribution in [2.24, 2.45) is 5.73 Å². The second kappa shape index (κ2) is 4.55. The van der Waals surface area contributed by atoms with E-state index in [1.165, 1.54) is 0 Å². The fraction of sp³-hybridized carbons (Fsp3) is 0.800. The lowest BCUT2D eigenvalue weighted by atomic mass is 9.93. The maximum absolute atomic E-state index is 5.42. The lowest BCUT2D eigenvalue weighted by Gasteiger charge is -2.12. The van der Waals surface area contributed by atoms with Crippen LogP contribution in [0.15, 0.2) is 6.20 Å². The Balaban J connectivity index is 2.51. The molecule has 0 radical (unpaired) electrons. The van der Waals surface area contributed by atoms with Gasteiger partial charge in [0.05, 0.1) is 5.69 Å². The molecule has 1 rings (SSSR count). The third-order valence-electron chi connectivity index (χ3n) is 2.15. The zero-order valence-corrected chi connectivity index (χ0v) is 9.32. The van der Waals surface area contributed by atoms with Gasteiger partial charge in [-0.1, -0.05) is 26.0 Å². The van der Waals surface area contributed by atoms with Gasteiger partial charge in [0.25, 0.3) is 0 Å². The molecule has 0 aliphatic rings. The summed E-state index contributed by atoms with van der Waals surface area (Å²) >= 11 is 0. The second-order valence-electron chi connectivity index (χ2n) is 4.61. The van der Waals surface area contributed by atoms with Crippen molar-refractivity contribution in [2.45, 2.75) is 45.6 Å². The molecule has 0 bridgehead atoms. The largest absolute Gasteiger partial charge is 0.330 e. The first-order valence-electron chi connectivity index (χ1n) is 5.14. The Bertz CT molecular complexity index is 272. The molecule has 80 valence electrons. The zero-order chi connectivity index (χ0) is 10.6. The number of aromatic nitrogens is 3. The molecule has 4 nitrogen and oxygen atoms in total. The third-order valence-corrected chi connectivity index (χ3v) is 2.15. The van der Waals surface area contributed by atoms with Crippen LogP contribution >= 0.6 is 0 Å². The highest BCUT2D eigenvalue weighted by Crippen LogP contribution is 2.18. The van der Waals surface area contributed by atoms with Crippen molar-refractivity contribution in [3.63, 3.8) is 0 Å². The van der Waals surface area contributed by atoms with E-state index < -0.39 is 0 Å². The zero-order valence-electron chi connectivity index (χ0n) is 9.32. The van der Waals surface area contributed by atoms with Crippen LogP contribution in [-0.4, -0.2) is 21.5 Å². The molecule has 4 heteroatoms. The topological polar surface area (TPSA) is 56.7 Å². The van der Waals surface area contributed by atoms with Crippen LogP contribution in [-0.2, 0) is 12.0 Å². The highest BCUT2D eigenvalue weighted by molar-refractivity contribution is 5.06. The van der Waals surface area contributed by atoms with E-state index in [-0.39, 0.29) is 5.41 Å². The molecule has 0 saturated carbocycles. The molecule has 0 spiro atoms. The number of hydrogen-bond acceptors (Lipinski definition) is 3. The van der Waals surface area contributed by atoms with Crippen LogP contribution in [0.25, 0.3) is 0 Å². The van der Waals surface area contributed by atoms with Crippen LogP contribution in [0.4, 0.5) is 0 Å². The fourth-order valence-corrected chi connectivity index (χ4v) is 1.17. The molecule has 14 heavy (non-hydrogen) atoms. The van der Waals surface area contributed by atoms with Crippen molar-refractivity contribution in [3.05, 3.63) is 11.9 Å². The van der Waals surface area contributed by atoms with Crippen LogP contribution < -0.4 is 5.73 Å². The van der Waals surface area contributed by atoms with Gasteiger partial charge >= 0.3 is 0 Å². The fourth-order valence-electron chi connectivity index (χ4n) is 1.17. The lowest BCUT2D eigenvalue weighted by molar-refractivity contribution is 0.544.